The monoisotopic (exact) mass is 505 g/mol. The fraction of sp³-hybridized carbons (Fsp3) is 0.222. The topological polar surface area (TPSA) is 121 Å². The second kappa shape index (κ2) is 12.6. The Morgan fingerprint density at radius 1 is 0.972 bits per heavy atom. The van der Waals surface area contributed by atoms with Crippen molar-refractivity contribution in [2.45, 2.75) is 32.9 Å². The molecule has 0 aliphatic heterocycles. The molecule has 1 atom stereocenters. The number of nitrogens with one attached hydrogen (secondary N) is 4. The number of amides is 1. The van der Waals surface area contributed by atoms with E-state index in [4.69, 9.17) is 32.8 Å². The molecule has 0 radical (unpaired) electrons. The highest BCUT2D eigenvalue weighted by Crippen LogP contribution is 2.32. The summed E-state index contributed by atoms with van der Waals surface area (Å²) in [5.41, 5.74) is 13.8. The highest BCUT2D eigenvalue weighted by molar-refractivity contribution is 7.80. The number of thiocarbonyl (C=S) groups is 1. The molecule has 0 aliphatic rings. The van der Waals surface area contributed by atoms with Crippen LogP contribution in [0, 0.1) is 5.41 Å². The number of carbonyl (C=O) groups is 1. The quantitative estimate of drug-likeness (QED) is 0.120. The number of hydrogen-bond donors (Lipinski definition) is 5. The van der Waals surface area contributed by atoms with Crippen molar-refractivity contribution in [3.05, 3.63) is 89.5 Å². The number of hydrogen-bond acceptors (Lipinski definition) is 6. The summed E-state index contributed by atoms with van der Waals surface area (Å²) in [5.74, 6) is 0.757. The van der Waals surface area contributed by atoms with E-state index in [0.29, 0.717) is 39.9 Å². The van der Waals surface area contributed by atoms with Crippen LogP contribution in [-0.2, 0) is 4.79 Å². The van der Waals surface area contributed by atoms with Crippen LogP contribution in [0.1, 0.15) is 43.5 Å². The molecular formula is C27H31N5O3S. The number of nitrogens with two attached hydrogens (primary N) is 1. The zero-order chi connectivity index (χ0) is 26.1. The molecule has 188 valence electrons. The van der Waals surface area contributed by atoms with E-state index in [1.807, 2.05) is 57.2 Å². The Bertz CT molecular complexity index is 1200. The van der Waals surface area contributed by atoms with Crippen molar-refractivity contribution in [3.8, 4) is 11.5 Å². The summed E-state index contributed by atoms with van der Waals surface area (Å²) in [4.78, 5) is 13.8. The van der Waals surface area contributed by atoms with Crippen LogP contribution in [0.15, 0.2) is 72.8 Å². The molecule has 8 nitrogen and oxygen atoms in total. The Morgan fingerprint density at radius 3 is 2.28 bits per heavy atom. The van der Waals surface area contributed by atoms with Crippen LogP contribution < -0.4 is 31.4 Å². The van der Waals surface area contributed by atoms with Crippen LogP contribution in [0.4, 0.5) is 5.69 Å². The van der Waals surface area contributed by atoms with Gasteiger partial charge in [0, 0.05) is 16.8 Å². The second-order valence-corrected chi connectivity index (χ2v) is 8.59. The van der Waals surface area contributed by atoms with E-state index in [9.17, 15) is 4.79 Å². The first-order valence-electron chi connectivity index (χ1n) is 11.6. The summed E-state index contributed by atoms with van der Waals surface area (Å²) in [7, 11) is 0. The highest BCUT2D eigenvalue weighted by Gasteiger charge is 2.23. The number of rotatable bonds is 10. The first-order valence-corrected chi connectivity index (χ1v) is 12.0. The Morgan fingerprint density at radius 2 is 1.67 bits per heavy atom. The highest BCUT2D eigenvalue weighted by atomic mass is 32.1. The predicted octanol–water partition coefficient (Wildman–Crippen LogP) is 4.31. The standard InChI is InChI=1S/C27H31N5O3S/c1-4-34-23-16-20(12-15-22(23)35-17(2)3)24(30-21-13-10-18(11-14-21)25(28)29)26(33)31-32-27(36)19-8-6-5-7-9-19/h5-17,24,30H,4H2,1-3H3,(H3,28,29)(H,31,33)(H,32,36). The van der Waals surface area contributed by atoms with Gasteiger partial charge in [-0.2, -0.15) is 0 Å². The van der Waals surface area contributed by atoms with Gasteiger partial charge < -0.3 is 20.5 Å². The van der Waals surface area contributed by atoms with Crippen molar-refractivity contribution in [2.75, 3.05) is 11.9 Å². The number of ether oxygens (including phenoxy) is 2. The van der Waals surface area contributed by atoms with E-state index < -0.39 is 6.04 Å². The van der Waals surface area contributed by atoms with Crippen molar-refractivity contribution in [3.63, 3.8) is 0 Å². The van der Waals surface area contributed by atoms with Crippen LogP contribution in [0.2, 0.25) is 0 Å². The van der Waals surface area contributed by atoms with Gasteiger partial charge in [-0.05, 0) is 62.7 Å². The largest absolute Gasteiger partial charge is 0.490 e. The van der Waals surface area contributed by atoms with Gasteiger partial charge in [0.2, 0.25) is 0 Å². The SMILES string of the molecule is CCOc1cc(C(Nc2ccc(C(=N)N)cc2)C(=O)NNC(=S)c2ccccc2)ccc1OC(C)C. The van der Waals surface area contributed by atoms with Gasteiger partial charge in [0.1, 0.15) is 16.9 Å². The zero-order valence-electron chi connectivity index (χ0n) is 20.5. The maximum atomic E-state index is 13.4. The van der Waals surface area contributed by atoms with Gasteiger partial charge in [-0.25, -0.2) is 0 Å². The number of benzene rings is 3. The van der Waals surface area contributed by atoms with E-state index in [0.717, 1.165) is 5.56 Å². The first kappa shape index (κ1) is 26.5. The number of hydrazine groups is 1. The summed E-state index contributed by atoms with van der Waals surface area (Å²) in [6, 6.07) is 20.9. The molecule has 3 aromatic rings. The molecule has 0 aromatic heterocycles. The minimum Gasteiger partial charge on any atom is -0.490 e. The minimum atomic E-state index is -0.799. The molecule has 3 rings (SSSR count). The summed E-state index contributed by atoms with van der Waals surface area (Å²) in [6.07, 6.45) is -0.0322. The van der Waals surface area contributed by atoms with Crippen molar-refractivity contribution in [2.24, 2.45) is 5.73 Å². The summed E-state index contributed by atoms with van der Waals surface area (Å²) in [6.45, 7) is 6.21. The molecule has 0 saturated heterocycles. The Balaban J connectivity index is 1.88. The molecular weight excluding hydrogens is 474 g/mol. The number of amidine groups is 1. The Labute approximate surface area is 216 Å². The van der Waals surface area contributed by atoms with Crippen molar-refractivity contribution in [1.82, 2.24) is 10.9 Å². The minimum absolute atomic E-state index is 0.0310. The Hall–Kier alpha value is -4.11. The molecule has 1 amide bonds. The maximum absolute atomic E-state index is 13.4. The Kier molecular flexibility index (Phi) is 9.24. The van der Waals surface area contributed by atoms with E-state index in [2.05, 4.69) is 16.2 Å². The van der Waals surface area contributed by atoms with E-state index in [1.165, 1.54) is 0 Å². The van der Waals surface area contributed by atoms with E-state index >= 15 is 0 Å². The summed E-state index contributed by atoms with van der Waals surface area (Å²) in [5, 5.41) is 10.8. The fourth-order valence-electron chi connectivity index (χ4n) is 3.39. The molecule has 0 bridgehead atoms. The van der Waals surface area contributed by atoms with Crippen LogP contribution in [0.5, 0.6) is 11.5 Å². The van der Waals surface area contributed by atoms with E-state index in [-0.39, 0.29) is 17.8 Å². The average molecular weight is 506 g/mol. The first-order chi connectivity index (χ1) is 17.3. The van der Waals surface area contributed by atoms with Gasteiger partial charge in [0.05, 0.1) is 12.7 Å². The lowest BCUT2D eigenvalue weighted by Gasteiger charge is -2.22. The van der Waals surface area contributed by atoms with Crippen molar-refractivity contribution >= 4 is 34.6 Å². The molecule has 0 aliphatic carbocycles. The van der Waals surface area contributed by atoms with Gasteiger partial charge in [-0.15, -0.1) is 0 Å². The predicted molar refractivity (Wildman–Crippen MR) is 147 cm³/mol. The molecule has 9 heteroatoms. The molecule has 0 heterocycles. The van der Waals surface area contributed by atoms with Gasteiger partial charge in [-0.1, -0.05) is 48.6 Å². The summed E-state index contributed by atoms with van der Waals surface area (Å²) >= 11 is 5.41. The smallest absolute Gasteiger partial charge is 0.265 e. The van der Waals surface area contributed by atoms with Crippen LogP contribution in [0.3, 0.4) is 0 Å². The third kappa shape index (κ3) is 7.19. The molecule has 36 heavy (non-hydrogen) atoms. The van der Waals surface area contributed by atoms with E-state index in [1.54, 1.807) is 36.4 Å². The average Bonchev–Trinajstić information content (AvgIpc) is 2.87. The molecule has 0 fully saturated rings. The van der Waals surface area contributed by atoms with Crippen molar-refractivity contribution < 1.29 is 14.3 Å². The number of anilines is 1. The molecule has 3 aromatic carbocycles. The molecule has 1 unspecified atom stereocenters. The molecule has 0 spiro atoms. The molecule has 6 N–H and O–H groups in total. The zero-order valence-corrected chi connectivity index (χ0v) is 21.3. The third-order valence-corrected chi connectivity index (χ3v) is 5.41. The normalized spacial score (nSPS) is 11.3. The van der Waals surface area contributed by atoms with Crippen LogP contribution >= 0.6 is 12.2 Å². The van der Waals surface area contributed by atoms with Crippen molar-refractivity contribution in [1.29, 1.82) is 5.41 Å². The second-order valence-electron chi connectivity index (χ2n) is 8.18. The van der Waals surface area contributed by atoms with Gasteiger partial charge in [-0.3, -0.25) is 21.1 Å². The lowest BCUT2D eigenvalue weighted by molar-refractivity contribution is -0.122. The summed E-state index contributed by atoms with van der Waals surface area (Å²) < 4.78 is 11.7. The van der Waals surface area contributed by atoms with Gasteiger partial charge in [0.15, 0.2) is 11.5 Å². The number of nitrogen functional groups attached to an aromatic ring is 1. The van der Waals surface area contributed by atoms with Gasteiger partial charge >= 0.3 is 0 Å². The van der Waals surface area contributed by atoms with Crippen LogP contribution in [-0.4, -0.2) is 29.4 Å². The lowest BCUT2D eigenvalue weighted by atomic mass is 10.0. The van der Waals surface area contributed by atoms with Crippen LogP contribution in [0.25, 0.3) is 0 Å². The van der Waals surface area contributed by atoms with Gasteiger partial charge in [0.25, 0.3) is 5.91 Å². The maximum Gasteiger partial charge on any atom is 0.265 e. The lowest BCUT2D eigenvalue weighted by Crippen LogP contribution is -2.45. The fourth-order valence-corrected chi connectivity index (χ4v) is 3.58. The third-order valence-electron chi connectivity index (χ3n) is 5.07. The molecule has 0 saturated carbocycles. The number of carbonyl (C=O) groups excluding carboxylic acids is 1.